The molecule has 6 heteroatoms. The van der Waals surface area contributed by atoms with Crippen molar-refractivity contribution in [1.82, 2.24) is 5.32 Å². The standard InChI is InChI=1S/C60H99NO5/c1-4-7-10-13-16-19-22-25-28-29-32-34-37-40-43-46-49-52-58(63)57(55-62)61-59(64)54-56(51-48-45-42-39-36-33-30-26-23-20-17-14-11-8-5-2)66-60(65)53-50-47-44-41-38-35-31-27-24-21-18-15-12-9-6-3/h8-9,11-12,14-15,17-18,20-21,23-24,26-27,30-31,33,36,39,42,56-58,62-63H,4-7,10,13,16,19,22,25,28-29,32,34-35,37-38,40-41,43-55H2,1-3H3,(H,61,64)/b11-8-,12-9+,17-14+,18-15+,23-20+,24-21+,30-26-,31-27-,36-33+,42-39+. The van der Waals surface area contributed by atoms with Gasteiger partial charge >= 0.3 is 5.97 Å². The summed E-state index contributed by atoms with van der Waals surface area (Å²) in [6.07, 6.45) is 72.6. The summed E-state index contributed by atoms with van der Waals surface area (Å²) in [6.45, 7) is 6.17. The molecule has 6 nitrogen and oxygen atoms in total. The Kier molecular flexibility index (Phi) is 49.3. The molecule has 3 N–H and O–H groups in total. The Morgan fingerprint density at radius 3 is 1.27 bits per heavy atom. The molecule has 3 unspecified atom stereocenters. The van der Waals surface area contributed by atoms with Crippen LogP contribution in [0, 0.1) is 0 Å². The first-order valence-electron chi connectivity index (χ1n) is 26.9. The SMILES string of the molecule is CC\C=C/C=C/C=C/C=C\C=C\C=C\CCCC(CC(=O)NC(CO)C(O)CCCCCCCCCCCCCCCCCCC)OC(=O)CCCCCCC\C=C/C=C/C=C/C=C/CC. The highest BCUT2D eigenvalue weighted by atomic mass is 16.5. The summed E-state index contributed by atoms with van der Waals surface area (Å²) in [5, 5.41) is 23.8. The predicted molar refractivity (Wildman–Crippen MR) is 286 cm³/mol. The van der Waals surface area contributed by atoms with E-state index < -0.39 is 18.2 Å². The smallest absolute Gasteiger partial charge is 0.306 e. The predicted octanol–water partition coefficient (Wildman–Crippen LogP) is 16.5. The van der Waals surface area contributed by atoms with Gasteiger partial charge in [0.2, 0.25) is 5.91 Å². The quantitative estimate of drug-likeness (QED) is 0.0321. The summed E-state index contributed by atoms with van der Waals surface area (Å²) in [5.74, 6) is -0.586. The summed E-state index contributed by atoms with van der Waals surface area (Å²) in [4.78, 5) is 26.2. The monoisotopic (exact) mass is 914 g/mol. The maximum Gasteiger partial charge on any atom is 0.306 e. The Hall–Kier alpha value is -3.74. The van der Waals surface area contributed by atoms with Gasteiger partial charge < -0.3 is 20.3 Å². The maximum absolute atomic E-state index is 13.2. The number of ether oxygens (including phenoxy) is 1. The molecule has 66 heavy (non-hydrogen) atoms. The van der Waals surface area contributed by atoms with Crippen LogP contribution < -0.4 is 5.32 Å². The summed E-state index contributed by atoms with van der Waals surface area (Å²) in [5.41, 5.74) is 0. The topological polar surface area (TPSA) is 95.9 Å². The van der Waals surface area contributed by atoms with Gasteiger partial charge in [-0.1, -0.05) is 271 Å². The zero-order chi connectivity index (χ0) is 48.1. The second-order valence-electron chi connectivity index (χ2n) is 17.8. The zero-order valence-electron chi connectivity index (χ0n) is 42.5. The number of hydrogen-bond donors (Lipinski definition) is 3. The van der Waals surface area contributed by atoms with E-state index in [1.807, 2.05) is 79.0 Å². The minimum atomic E-state index is -0.821. The van der Waals surface area contributed by atoms with E-state index in [-0.39, 0.29) is 24.9 Å². The highest BCUT2D eigenvalue weighted by molar-refractivity contribution is 5.77. The van der Waals surface area contributed by atoms with E-state index in [0.717, 1.165) is 83.5 Å². The number of carbonyl (C=O) groups is 2. The first-order valence-corrected chi connectivity index (χ1v) is 26.9. The van der Waals surface area contributed by atoms with Crippen molar-refractivity contribution in [3.05, 3.63) is 122 Å². The van der Waals surface area contributed by atoms with Crippen LogP contribution >= 0.6 is 0 Å². The Morgan fingerprint density at radius 2 is 0.833 bits per heavy atom. The second kappa shape index (κ2) is 52.2. The van der Waals surface area contributed by atoms with E-state index in [4.69, 9.17) is 4.74 Å². The lowest BCUT2D eigenvalue weighted by Crippen LogP contribution is -2.46. The minimum Gasteiger partial charge on any atom is -0.462 e. The van der Waals surface area contributed by atoms with Crippen molar-refractivity contribution in [3.8, 4) is 0 Å². The van der Waals surface area contributed by atoms with Crippen molar-refractivity contribution in [3.63, 3.8) is 0 Å². The Bertz CT molecular complexity index is 1390. The van der Waals surface area contributed by atoms with Crippen LogP contribution in [-0.4, -0.2) is 46.9 Å². The number of nitrogens with one attached hydrogen (secondary N) is 1. The molecule has 0 aliphatic rings. The van der Waals surface area contributed by atoms with Gasteiger partial charge in [0.15, 0.2) is 0 Å². The number of hydrogen-bond acceptors (Lipinski definition) is 5. The van der Waals surface area contributed by atoms with E-state index in [9.17, 15) is 19.8 Å². The van der Waals surface area contributed by atoms with Crippen LogP contribution in [0.15, 0.2) is 122 Å². The number of aliphatic hydroxyl groups is 2. The molecule has 0 aromatic rings. The van der Waals surface area contributed by atoms with Gasteiger partial charge in [-0.25, -0.2) is 0 Å². The number of rotatable bonds is 46. The Balaban J connectivity index is 4.72. The molecule has 374 valence electrons. The molecule has 0 rings (SSSR count). The molecular formula is C60H99NO5. The van der Waals surface area contributed by atoms with E-state index in [1.165, 1.54) is 89.9 Å². The first-order chi connectivity index (χ1) is 32.5. The van der Waals surface area contributed by atoms with E-state index >= 15 is 0 Å². The third-order valence-electron chi connectivity index (χ3n) is 11.5. The number of esters is 1. The molecule has 0 aromatic carbocycles. The Labute approximate surface area is 406 Å². The van der Waals surface area contributed by atoms with Gasteiger partial charge in [0.05, 0.1) is 25.2 Å². The molecule has 0 aliphatic heterocycles. The molecule has 0 spiro atoms. The molecule has 1 amide bonds. The fraction of sp³-hybridized carbons (Fsp3) is 0.633. The third kappa shape index (κ3) is 46.8. The molecule has 0 heterocycles. The maximum atomic E-state index is 13.2. The normalized spacial score (nSPS) is 14.2. The fourth-order valence-corrected chi connectivity index (χ4v) is 7.54. The lowest BCUT2D eigenvalue weighted by Gasteiger charge is -2.24. The van der Waals surface area contributed by atoms with Gasteiger partial charge in [-0.2, -0.15) is 0 Å². The lowest BCUT2D eigenvalue weighted by atomic mass is 10.0. The van der Waals surface area contributed by atoms with Crippen LogP contribution in [-0.2, 0) is 14.3 Å². The summed E-state index contributed by atoms with van der Waals surface area (Å²) >= 11 is 0. The minimum absolute atomic E-state index is 0.00892. The molecule has 0 radical (unpaired) electrons. The highest BCUT2D eigenvalue weighted by Gasteiger charge is 2.24. The molecule has 0 aromatic heterocycles. The Morgan fingerprint density at radius 1 is 0.455 bits per heavy atom. The van der Waals surface area contributed by atoms with Crippen molar-refractivity contribution < 1.29 is 24.5 Å². The van der Waals surface area contributed by atoms with Crippen molar-refractivity contribution in [1.29, 1.82) is 0 Å². The average Bonchev–Trinajstić information content (AvgIpc) is 3.31. The summed E-state index contributed by atoms with van der Waals surface area (Å²) in [7, 11) is 0. The van der Waals surface area contributed by atoms with Crippen LogP contribution in [0.1, 0.15) is 220 Å². The van der Waals surface area contributed by atoms with Crippen LogP contribution in [0.5, 0.6) is 0 Å². The van der Waals surface area contributed by atoms with E-state index in [1.54, 1.807) is 0 Å². The number of amides is 1. The van der Waals surface area contributed by atoms with Crippen molar-refractivity contribution in [2.24, 2.45) is 0 Å². The van der Waals surface area contributed by atoms with Gasteiger partial charge in [-0.05, 0) is 57.8 Å². The molecule has 0 bridgehead atoms. The van der Waals surface area contributed by atoms with Crippen LogP contribution in [0.25, 0.3) is 0 Å². The van der Waals surface area contributed by atoms with E-state index in [0.29, 0.717) is 19.3 Å². The summed E-state index contributed by atoms with van der Waals surface area (Å²) < 4.78 is 5.89. The molecule has 3 atom stereocenters. The number of aliphatic hydroxyl groups excluding tert-OH is 2. The second-order valence-corrected chi connectivity index (χ2v) is 17.8. The third-order valence-corrected chi connectivity index (χ3v) is 11.5. The number of allylic oxidation sites excluding steroid dienone is 20. The van der Waals surface area contributed by atoms with Gasteiger partial charge in [-0.15, -0.1) is 0 Å². The highest BCUT2D eigenvalue weighted by Crippen LogP contribution is 2.17. The molecule has 0 aliphatic carbocycles. The largest absolute Gasteiger partial charge is 0.462 e. The van der Waals surface area contributed by atoms with Gasteiger partial charge in [0.25, 0.3) is 0 Å². The van der Waals surface area contributed by atoms with Crippen LogP contribution in [0.2, 0.25) is 0 Å². The van der Waals surface area contributed by atoms with Gasteiger partial charge in [0.1, 0.15) is 6.10 Å². The van der Waals surface area contributed by atoms with Gasteiger partial charge in [-0.3, -0.25) is 9.59 Å². The molecule has 0 fully saturated rings. The number of unbranched alkanes of at least 4 members (excludes halogenated alkanes) is 22. The lowest BCUT2D eigenvalue weighted by molar-refractivity contribution is -0.151. The zero-order valence-corrected chi connectivity index (χ0v) is 42.5. The van der Waals surface area contributed by atoms with Crippen LogP contribution in [0.3, 0.4) is 0 Å². The molecular weight excluding hydrogens is 815 g/mol. The summed E-state index contributed by atoms with van der Waals surface area (Å²) in [6, 6.07) is -0.740. The van der Waals surface area contributed by atoms with Gasteiger partial charge in [0, 0.05) is 6.42 Å². The van der Waals surface area contributed by atoms with Crippen molar-refractivity contribution >= 4 is 11.9 Å². The average molecular weight is 914 g/mol. The molecule has 0 saturated heterocycles. The van der Waals surface area contributed by atoms with Crippen molar-refractivity contribution in [2.45, 2.75) is 238 Å². The fourth-order valence-electron chi connectivity index (χ4n) is 7.54. The van der Waals surface area contributed by atoms with Crippen LogP contribution in [0.4, 0.5) is 0 Å². The molecule has 0 saturated carbocycles. The van der Waals surface area contributed by atoms with E-state index in [2.05, 4.69) is 68.6 Å². The van der Waals surface area contributed by atoms with Crippen molar-refractivity contribution in [2.75, 3.05) is 6.61 Å². The number of carbonyl (C=O) groups excluding carboxylic acids is 2. The first kappa shape index (κ1) is 62.3.